The molecule has 0 aliphatic carbocycles. The van der Waals surface area contributed by atoms with Crippen molar-refractivity contribution in [3.8, 4) is 0 Å². The van der Waals surface area contributed by atoms with Crippen molar-refractivity contribution >= 4 is 44.9 Å². The summed E-state index contributed by atoms with van der Waals surface area (Å²) in [5.74, 6) is -0.218. The van der Waals surface area contributed by atoms with Crippen molar-refractivity contribution in [2.24, 2.45) is 5.92 Å². The van der Waals surface area contributed by atoms with E-state index in [0.717, 1.165) is 15.2 Å². The zero-order chi connectivity index (χ0) is 18.0. The van der Waals surface area contributed by atoms with Crippen molar-refractivity contribution in [2.45, 2.75) is 27.3 Å². The monoisotopic (exact) mass is 358 g/mol. The first-order valence-electron chi connectivity index (χ1n) is 7.79. The van der Waals surface area contributed by atoms with E-state index in [1.165, 1.54) is 10.9 Å². The molecule has 0 saturated carbocycles. The molecule has 0 saturated heterocycles. The van der Waals surface area contributed by atoms with Gasteiger partial charge in [0.15, 0.2) is 5.82 Å². The van der Waals surface area contributed by atoms with E-state index in [1.807, 2.05) is 25.1 Å². The van der Waals surface area contributed by atoms with Crippen LogP contribution in [0.3, 0.4) is 0 Å². The highest BCUT2D eigenvalue weighted by Gasteiger charge is 2.11. The van der Waals surface area contributed by atoms with Crippen LogP contribution >= 0.6 is 11.3 Å². The summed E-state index contributed by atoms with van der Waals surface area (Å²) in [5.41, 5.74) is 1.54. The normalized spacial score (nSPS) is 11.0. The number of nitrogens with zero attached hydrogens (tertiary/aromatic N) is 4. The van der Waals surface area contributed by atoms with Crippen LogP contribution in [0.2, 0.25) is 0 Å². The van der Waals surface area contributed by atoms with Gasteiger partial charge >= 0.3 is 0 Å². The lowest BCUT2D eigenvalue weighted by atomic mass is 10.2. The Hall–Kier alpha value is -2.81. The molecule has 2 heterocycles. The highest BCUT2D eigenvalue weighted by molar-refractivity contribution is 7.18. The minimum Gasteiger partial charge on any atom is -0.324 e. The third-order valence-electron chi connectivity index (χ3n) is 3.40. The Labute approximate surface area is 148 Å². The Kier molecular flexibility index (Phi) is 4.75. The second-order valence-electron chi connectivity index (χ2n) is 5.91. The number of benzene rings is 1. The van der Waals surface area contributed by atoms with Gasteiger partial charge in [-0.25, -0.2) is 9.67 Å². The number of rotatable bonds is 5. The minimum absolute atomic E-state index is 0.00131. The number of thiazole rings is 1. The number of nitrogens with one attached hydrogen (secondary N) is 2. The average molecular weight is 358 g/mol. The molecule has 9 heteroatoms. The van der Waals surface area contributed by atoms with E-state index in [1.54, 1.807) is 25.2 Å². The molecule has 3 rings (SSSR count). The molecule has 130 valence electrons. The zero-order valence-corrected chi connectivity index (χ0v) is 14.9. The van der Waals surface area contributed by atoms with Crippen molar-refractivity contribution in [3.05, 3.63) is 29.4 Å². The molecule has 0 aliphatic rings. The molecule has 3 aromatic rings. The van der Waals surface area contributed by atoms with Gasteiger partial charge in [-0.2, -0.15) is 0 Å². The Morgan fingerprint density at radius 3 is 2.84 bits per heavy atom. The average Bonchev–Trinajstić information content (AvgIpc) is 3.11. The highest BCUT2D eigenvalue weighted by atomic mass is 32.1. The molecular formula is C16H18N6O2S. The van der Waals surface area contributed by atoms with Gasteiger partial charge < -0.3 is 10.6 Å². The number of carbonyl (C=O) groups excluding carboxylic acids is 2. The van der Waals surface area contributed by atoms with E-state index < -0.39 is 0 Å². The first kappa shape index (κ1) is 17.0. The Balaban J connectivity index is 1.61. The summed E-state index contributed by atoms with van der Waals surface area (Å²) in [6.45, 7) is 5.52. The fourth-order valence-corrected chi connectivity index (χ4v) is 2.98. The Bertz CT molecular complexity index is 930. The fourth-order valence-electron chi connectivity index (χ4n) is 2.17. The number of hydrogen-bond donors (Lipinski definition) is 2. The zero-order valence-electron chi connectivity index (χ0n) is 14.1. The van der Waals surface area contributed by atoms with Crippen LogP contribution < -0.4 is 10.6 Å². The van der Waals surface area contributed by atoms with E-state index in [-0.39, 0.29) is 24.3 Å². The van der Waals surface area contributed by atoms with Crippen LogP contribution in [0.4, 0.5) is 11.5 Å². The maximum absolute atomic E-state index is 12.2. The number of fused-ring (bicyclic) bond motifs is 1. The standard InChI is InChI=1S/C16H18N6O2S/c1-9(2)16(24)19-14-7-22(21-20-14)8-15(23)18-11-4-5-13-12(6-11)17-10(3)25-13/h4-7,9H,8H2,1-3H3,(H,18,23)(H,19,24). The Morgan fingerprint density at radius 1 is 1.28 bits per heavy atom. The molecule has 1 aromatic carbocycles. The first-order chi connectivity index (χ1) is 11.9. The van der Waals surface area contributed by atoms with Crippen molar-refractivity contribution in [1.82, 2.24) is 20.0 Å². The highest BCUT2D eigenvalue weighted by Crippen LogP contribution is 2.24. The second kappa shape index (κ2) is 6.98. The van der Waals surface area contributed by atoms with Crippen LogP contribution in [0.1, 0.15) is 18.9 Å². The number of aryl methyl sites for hydroxylation is 1. The summed E-state index contributed by atoms with van der Waals surface area (Å²) in [7, 11) is 0. The van der Waals surface area contributed by atoms with Crippen molar-refractivity contribution in [3.63, 3.8) is 0 Å². The van der Waals surface area contributed by atoms with Gasteiger partial charge in [-0.3, -0.25) is 9.59 Å². The smallest absolute Gasteiger partial charge is 0.246 e. The largest absolute Gasteiger partial charge is 0.324 e. The SMILES string of the molecule is Cc1nc2cc(NC(=O)Cn3cc(NC(=O)C(C)C)nn3)ccc2s1. The number of amides is 2. The van der Waals surface area contributed by atoms with Gasteiger partial charge in [0, 0.05) is 11.6 Å². The molecular weight excluding hydrogens is 340 g/mol. The molecule has 0 spiro atoms. The lowest BCUT2D eigenvalue weighted by Gasteiger charge is -2.05. The van der Waals surface area contributed by atoms with E-state index in [9.17, 15) is 9.59 Å². The molecule has 0 fully saturated rings. The van der Waals surface area contributed by atoms with E-state index in [0.29, 0.717) is 11.5 Å². The predicted octanol–water partition coefficient (Wildman–Crippen LogP) is 2.43. The summed E-state index contributed by atoms with van der Waals surface area (Å²) in [5, 5.41) is 14.1. The van der Waals surface area contributed by atoms with Gasteiger partial charge in [-0.1, -0.05) is 19.1 Å². The molecule has 0 unspecified atom stereocenters. The van der Waals surface area contributed by atoms with E-state index >= 15 is 0 Å². The summed E-state index contributed by atoms with van der Waals surface area (Å²) in [6.07, 6.45) is 1.52. The Morgan fingerprint density at radius 2 is 2.08 bits per heavy atom. The molecule has 0 aliphatic heterocycles. The number of hydrogen-bond acceptors (Lipinski definition) is 6. The first-order valence-corrected chi connectivity index (χ1v) is 8.60. The number of anilines is 2. The molecule has 2 aromatic heterocycles. The number of aromatic nitrogens is 4. The minimum atomic E-state index is -0.238. The summed E-state index contributed by atoms with van der Waals surface area (Å²) in [4.78, 5) is 28.2. The van der Waals surface area contributed by atoms with Gasteiger partial charge in [0.05, 0.1) is 21.4 Å². The van der Waals surface area contributed by atoms with Crippen molar-refractivity contribution < 1.29 is 9.59 Å². The van der Waals surface area contributed by atoms with Gasteiger partial charge in [0.2, 0.25) is 11.8 Å². The van der Waals surface area contributed by atoms with Gasteiger partial charge in [0.1, 0.15) is 6.54 Å². The number of carbonyl (C=O) groups is 2. The van der Waals surface area contributed by atoms with Crippen molar-refractivity contribution in [1.29, 1.82) is 0 Å². The van der Waals surface area contributed by atoms with Gasteiger partial charge in [0.25, 0.3) is 0 Å². The topological polar surface area (TPSA) is 102 Å². The van der Waals surface area contributed by atoms with Crippen LogP contribution in [0.15, 0.2) is 24.4 Å². The molecule has 25 heavy (non-hydrogen) atoms. The predicted molar refractivity (Wildman–Crippen MR) is 96.5 cm³/mol. The van der Waals surface area contributed by atoms with Gasteiger partial charge in [-0.05, 0) is 25.1 Å². The van der Waals surface area contributed by atoms with Crippen molar-refractivity contribution in [2.75, 3.05) is 10.6 Å². The van der Waals surface area contributed by atoms with E-state index in [2.05, 4.69) is 25.9 Å². The molecule has 2 N–H and O–H groups in total. The van der Waals surface area contributed by atoms with Crippen LogP contribution in [0.5, 0.6) is 0 Å². The third-order valence-corrected chi connectivity index (χ3v) is 4.35. The molecule has 0 bridgehead atoms. The molecule has 0 radical (unpaired) electrons. The quantitative estimate of drug-likeness (QED) is 0.729. The summed E-state index contributed by atoms with van der Waals surface area (Å²) in [6, 6.07) is 5.62. The maximum Gasteiger partial charge on any atom is 0.246 e. The molecule has 0 atom stereocenters. The van der Waals surface area contributed by atoms with Gasteiger partial charge in [-0.15, -0.1) is 16.4 Å². The van der Waals surface area contributed by atoms with Crippen LogP contribution in [-0.4, -0.2) is 31.8 Å². The summed E-state index contributed by atoms with van der Waals surface area (Å²) >= 11 is 1.61. The lowest BCUT2D eigenvalue weighted by molar-refractivity contribution is -0.119. The summed E-state index contributed by atoms with van der Waals surface area (Å²) < 4.78 is 2.45. The van der Waals surface area contributed by atoms with Crippen LogP contribution in [0.25, 0.3) is 10.2 Å². The third kappa shape index (κ3) is 4.18. The van der Waals surface area contributed by atoms with E-state index in [4.69, 9.17) is 0 Å². The molecule has 8 nitrogen and oxygen atoms in total. The lowest BCUT2D eigenvalue weighted by Crippen LogP contribution is -2.19. The fraction of sp³-hybridized carbons (Fsp3) is 0.312. The van der Waals surface area contributed by atoms with Crippen LogP contribution in [0, 0.1) is 12.8 Å². The van der Waals surface area contributed by atoms with Crippen LogP contribution in [-0.2, 0) is 16.1 Å². The maximum atomic E-state index is 12.2. The molecule has 2 amide bonds. The second-order valence-corrected chi connectivity index (χ2v) is 7.14.